The summed E-state index contributed by atoms with van der Waals surface area (Å²) >= 11 is 0. The molecule has 10 nitrogen and oxygen atoms in total. The van der Waals surface area contributed by atoms with Crippen molar-refractivity contribution in [2.45, 2.75) is 32.1 Å². The van der Waals surface area contributed by atoms with E-state index in [2.05, 4.69) is 20.6 Å². The molecule has 1 aliphatic heterocycles. The highest BCUT2D eigenvalue weighted by Gasteiger charge is 2.13. The van der Waals surface area contributed by atoms with Gasteiger partial charge < -0.3 is 20.1 Å². The maximum atomic E-state index is 12.5. The summed E-state index contributed by atoms with van der Waals surface area (Å²) in [5.74, 6) is 1.49. The van der Waals surface area contributed by atoms with Gasteiger partial charge in [-0.1, -0.05) is 12.8 Å². The lowest BCUT2D eigenvalue weighted by Gasteiger charge is -2.19. The molecule has 0 saturated heterocycles. The van der Waals surface area contributed by atoms with Crippen LogP contribution in [0.5, 0.6) is 11.5 Å². The molecule has 10 heteroatoms. The minimum atomic E-state index is -0.377. The van der Waals surface area contributed by atoms with Gasteiger partial charge >= 0.3 is 0 Å². The molecule has 4 N–H and O–H groups in total. The number of nitrogens with one attached hydrogen (secondary N) is 3. The molecule has 1 aliphatic rings. The summed E-state index contributed by atoms with van der Waals surface area (Å²) in [6.07, 6.45) is 5.02. The standard InChI is InChI=1S/C24H27N5O5/c30-22(29-32)5-3-1-2-4-10-25-24(31)16-6-8-18-19(13-16)26-15-27-23(18)28-17-7-9-20-21(14-17)34-12-11-33-20/h6-9,13-15,32H,1-5,10-12H2,(H,25,31)(H,29,30)(H,26,27,28). The van der Waals surface area contributed by atoms with E-state index >= 15 is 0 Å². The highest BCUT2D eigenvalue weighted by atomic mass is 16.6. The van der Waals surface area contributed by atoms with Crippen LogP contribution < -0.4 is 25.6 Å². The maximum absolute atomic E-state index is 12.5. The number of amides is 2. The van der Waals surface area contributed by atoms with E-state index in [1.165, 1.54) is 6.33 Å². The van der Waals surface area contributed by atoms with Crippen LogP contribution in [0.2, 0.25) is 0 Å². The van der Waals surface area contributed by atoms with Gasteiger partial charge in [0.05, 0.1) is 5.52 Å². The van der Waals surface area contributed by atoms with Crippen molar-refractivity contribution >= 4 is 34.2 Å². The van der Waals surface area contributed by atoms with Crippen LogP contribution in [0.1, 0.15) is 42.5 Å². The van der Waals surface area contributed by atoms with Gasteiger partial charge in [0.1, 0.15) is 25.4 Å². The van der Waals surface area contributed by atoms with Crippen molar-refractivity contribution in [1.29, 1.82) is 0 Å². The van der Waals surface area contributed by atoms with Gasteiger partial charge in [0.15, 0.2) is 11.5 Å². The molecule has 0 spiro atoms. The first-order chi connectivity index (χ1) is 16.6. The van der Waals surface area contributed by atoms with E-state index < -0.39 is 0 Å². The Kier molecular flexibility index (Phi) is 7.71. The molecule has 0 unspecified atom stereocenters. The smallest absolute Gasteiger partial charge is 0.251 e. The first-order valence-electron chi connectivity index (χ1n) is 11.3. The fourth-order valence-corrected chi connectivity index (χ4v) is 3.68. The topological polar surface area (TPSA) is 135 Å². The summed E-state index contributed by atoms with van der Waals surface area (Å²) in [6.45, 7) is 1.60. The second-order valence-electron chi connectivity index (χ2n) is 7.89. The number of carbonyl (C=O) groups is 2. The molecule has 34 heavy (non-hydrogen) atoms. The third-order valence-corrected chi connectivity index (χ3v) is 5.44. The summed E-state index contributed by atoms with van der Waals surface area (Å²) in [5, 5.41) is 15.5. The molecule has 0 radical (unpaired) electrons. The van der Waals surface area contributed by atoms with Crippen LogP contribution in [0.15, 0.2) is 42.7 Å². The largest absolute Gasteiger partial charge is 0.486 e. The van der Waals surface area contributed by atoms with E-state index in [4.69, 9.17) is 14.7 Å². The van der Waals surface area contributed by atoms with Crippen molar-refractivity contribution in [2.24, 2.45) is 0 Å². The lowest BCUT2D eigenvalue weighted by molar-refractivity contribution is -0.129. The maximum Gasteiger partial charge on any atom is 0.251 e. The zero-order valence-corrected chi connectivity index (χ0v) is 18.7. The Bertz CT molecular complexity index is 1170. The van der Waals surface area contributed by atoms with Crippen LogP contribution >= 0.6 is 0 Å². The number of hydrogen-bond donors (Lipinski definition) is 4. The first kappa shape index (κ1) is 23.2. The van der Waals surface area contributed by atoms with Crippen LogP contribution in [0.25, 0.3) is 10.9 Å². The molecule has 178 valence electrons. The lowest BCUT2D eigenvalue weighted by atomic mass is 10.1. The molecule has 0 fully saturated rings. The molecule has 0 atom stereocenters. The van der Waals surface area contributed by atoms with Gasteiger partial charge in [-0.25, -0.2) is 15.4 Å². The third kappa shape index (κ3) is 5.90. The summed E-state index contributed by atoms with van der Waals surface area (Å²) in [4.78, 5) is 32.2. The number of anilines is 2. The molecule has 2 aromatic carbocycles. The number of carbonyl (C=O) groups excluding carboxylic acids is 2. The molecule has 3 aromatic rings. The molecular formula is C24H27N5O5. The van der Waals surface area contributed by atoms with Crippen LogP contribution in [0.4, 0.5) is 11.5 Å². The quantitative estimate of drug-likeness (QED) is 0.203. The fraction of sp³-hybridized carbons (Fsp3) is 0.333. The van der Waals surface area contributed by atoms with E-state index in [-0.39, 0.29) is 11.8 Å². The number of benzene rings is 2. The number of rotatable bonds is 10. The summed E-state index contributed by atoms with van der Waals surface area (Å²) in [7, 11) is 0. The van der Waals surface area contributed by atoms with Gasteiger partial charge in [0.25, 0.3) is 5.91 Å². The molecule has 4 rings (SSSR count). The second kappa shape index (κ2) is 11.3. The molecular weight excluding hydrogens is 438 g/mol. The Labute approximate surface area is 196 Å². The van der Waals surface area contributed by atoms with Gasteiger partial charge in [-0.2, -0.15) is 0 Å². The third-order valence-electron chi connectivity index (χ3n) is 5.44. The zero-order chi connectivity index (χ0) is 23.8. The average Bonchev–Trinajstić information content (AvgIpc) is 2.87. The van der Waals surface area contributed by atoms with Crippen molar-refractivity contribution in [3.05, 3.63) is 48.3 Å². The number of aromatic nitrogens is 2. The van der Waals surface area contributed by atoms with Gasteiger partial charge in [-0.3, -0.25) is 14.8 Å². The minimum absolute atomic E-state index is 0.165. The molecule has 2 amide bonds. The Morgan fingerprint density at radius 1 is 0.941 bits per heavy atom. The highest BCUT2D eigenvalue weighted by Crippen LogP contribution is 2.34. The molecule has 2 heterocycles. The minimum Gasteiger partial charge on any atom is -0.486 e. The average molecular weight is 466 g/mol. The summed E-state index contributed by atoms with van der Waals surface area (Å²) < 4.78 is 11.2. The Morgan fingerprint density at radius 2 is 1.76 bits per heavy atom. The number of unbranched alkanes of at least 4 members (excludes halogenated alkanes) is 3. The lowest BCUT2D eigenvalue weighted by Crippen LogP contribution is -2.24. The Balaban J connectivity index is 1.33. The van der Waals surface area contributed by atoms with Crippen molar-refractivity contribution in [3.63, 3.8) is 0 Å². The number of hydroxylamine groups is 1. The second-order valence-corrected chi connectivity index (χ2v) is 7.89. The Hall–Kier alpha value is -3.92. The van der Waals surface area contributed by atoms with Gasteiger partial charge in [-0.15, -0.1) is 0 Å². The monoisotopic (exact) mass is 465 g/mol. The number of fused-ring (bicyclic) bond motifs is 2. The van der Waals surface area contributed by atoms with Crippen LogP contribution in [-0.4, -0.2) is 46.7 Å². The number of nitrogens with zero attached hydrogens (tertiary/aromatic N) is 2. The summed E-state index contributed by atoms with van der Waals surface area (Å²) in [5.41, 5.74) is 3.61. The van der Waals surface area contributed by atoms with Crippen LogP contribution in [0.3, 0.4) is 0 Å². The van der Waals surface area contributed by atoms with E-state index in [1.807, 2.05) is 24.3 Å². The molecule has 1 aromatic heterocycles. The number of hydrogen-bond acceptors (Lipinski definition) is 8. The van der Waals surface area contributed by atoms with Crippen molar-refractivity contribution in [1.82, 2.24) is 20.8 Å². The highest BCUT2D eigenvalue weighted by molar-refractivity contribution is 6.00. The Morgan fingerprint density at radius 3 is 2.62 bits per heavy atom. The molecule has 0 bridgehead atoms. The van der Waals surface area contributed by atoms with Crippen molar-refractivity contribution in [2.75, 3.05) is 25.1 Å². The van der Waals surface area contributed by atoms with E-state index in [0.29, 0.717) is 61.0 Å². The predicted octanol–water partition coefficient (Wildman–Crippen LogP) is 3.33. The fourth-order valence-electron chi connectivity index (χ4n) is 3.68. The van der Waals surface area contributed by atoms with E-state index in [1.54, 1.807) is 17.6 Å². The van der Waals surface area contributed by atoms with Gasteiger partial charge in [0.2, 0.25) is 5.91 Å². The molecule has 0 aliphatic carbocycles. The molecule has 0 saturated carbocycles. The SMILES string of the molecule is O=C(CCCCCCNC(=O)c1ccc2c(Nc3ccc4c(c3)OCCO4)ncnc2c1)NO. The van der Waals surface area contributed by atoms with Crippen molar-refractivity contribution in [3.8, 4) is 11.5 Å². The van der Waals surface area contributed by atoms with Gasteiger partial charge in [-0.05, 0) is 43.2 Å². The number of ether oxygens (including phenoxy) is 2. The van der Waals surface area contributed by atoms with Crippen molar-refractivity contribution < 1.29 is 24.3 Å². The normalized spacial score (nSPS) is 12.3. The van der Waals surface area contributed by atoms with Crippen LogP contribution in [0, 0.1) is 0 Å². The first-order valence-corrected chi connectivity index (χ1v) is 11.3. The summed E-state index contributed by atoms with van der Waals surface area (Å²) in [6, 6.07) is 10.9. The van der Waals surface area contributed by atoms with E-state index in [9.17, 15) is 9.59 Å². The van der Waals surface area contributed by atoms with Gasteiger partial charge in [0, 0.05) is 35.7 Å². The zero-order valence-electron chi connectivity index (χ0n) is 18.7. The predicted molar refractivity (Wildman–Crippen MR) is 126 cm³/mol. The van der Waals surface area contributed by atoms with E-state index in [0.717, 1.165) is 30.3 Å². The van der Waals surface area contributed by atoms with Crippen LogP contribution in [-0.2, 0) is 4.79 Å².